The molecule has 0 aliphatic heterocycles. The quantitative estimate of drug-likeness (QED) is 0.187. The molecule has 2 amide bonds. The fraction of sp³-hybridized carbons (Fsp3) is 0.375. The van der Waals surface area contributed by atoms with Crippen molar-refractivity contribution in [2.24, 2.45) is 0 Å². The number of benzene rings is 3. The maximum absolute atomic E-state index is 13.3. The third kappa shape index (κ3) is 7.15. The standard InChI is InChI=1S/C32H38N2O4S/c1-4-33-31(35)16-11-19-39-30-20-24(37-6-3)18-17-23(30)21-34(5-2)32(36)38-22-29-27-14-9-7-12-25(27)26-13-8-10-15-28(26)29/h7-10,12-15,17-18,20,29H,4-6,11,16,19,21-22H2,1-3H3,(H,33,35). The molecule has 0 saturated heterocycles. The summed E-state index contributed by atoms with van der Waals surface area (Å²) < 4.78 is 11.7. The molecular weight excluding hydrogens is 508 g/mol. The van der Waals surface area contributed by atoms with E-state index in [0.717, 1.165) is 28.4 Å². The van der Waals surface area contributed by atoms with Crippen LogP contribution in [0.5, 0.6) is 5.75 Å². The van der Waals surface area contributed by atoms with Crippen molar-refractivity contribution in [2.45, 2.75) is 51.0 Å². The zero-order valence-corrected chi connectivity index (χ0v) is 23.9. The average Bonchev–Trinajstić information content (AvgIpc) is 3.27. The second-order valence-corrected chi connectivity index (χ2v) is 10.6. The highest BCUT2D eigenvalue weighted by atomic mass is 32.2. The molecule has 0 unspecified atom stereocenters. The van der Waals surface area contributed by atoms with Gasteiger partial charge in [0.25, 0.3) is 0 Å². The first-order valence-corrected chi connectivity index (χ1v) is 14.8. The molecule has 1 aliphatic carbocycles. The van der Waals surface area contributed by atoms with Gasteiger partial charge >= 0.3 is 6.09 Å². The van der Waals surface area contributed by atoms with Crippen LogP contribution in [-0.4, -0.2) is 49.0 Å². The fourth-order valence-corrected chi connectivity index (χ4v) is 5.98. The number of fused-ring (bicyclic) bond motifs is 3. The van der Waals surface area contributed by atoms with E-state index in [0.29, 0.717) is 39.3 Å². The molecule has 206 valence electrons. The van der Waals surface area contributed by atoms with Crippen molar-refractivity contribution < 1.29 is 19.1 Å². The molecule has 0 saturated carbocycles. The Balaban J connectivity index is 1.42. The predicted octanol–water partition coefficient (Wildman–Crippen LogP) is 6.86. The first-order chi connectivity index (χ1) is 19.0. The number of rotatable bonds is 13. The van der Waals surface area contributed by atoms with Gasteiger partial charge in [0.15, 0.2) is 0 Å². The van der Waals surface area contributed by atoms with Gasteiger partial charge in [-0.1, -0.05) is 54.6 Å². The Hall–Kier alpha value is -3.45. The molecule has 0 fully saturated rings. The minimum Gasteiger partial charge on any atom is -0.494 e. The van der Waals surface area contributed by atoms with Gasteiger partial charge in [-0.25, -0.2) is 4.79 Å². The Morgan fingerprint density at radius 1 is 0.949 bits per heavy atom. The van der Waals surface area contributed by atoms with E-state index in [1.807, 2.05) is 51.1 Å². The highest BCUT2D eigenvalue weighted by molar-refractivity contribution is 7.99. The topological polar surface area (TPSA) is 67.9 Å². The van der Waals surface area contributed by atoms with Crippen molar-refractivity contribution >= 4 is 23.8 Å². The van der Waals surface area contributed by atoms with Gasteiger partial charge in [-0.3, -0.25) is 4.79 Å². The smallest absolute Gasteiger partial charge is 0.410 e. The molecule has 0 atom stereocenters. The largest absolute Gasteiger partial charge is 0.494 e. The van der Waals surface area contributed by atoms with Crippen LogP contribution < -0.4 is 10.1 Å². The fourth-order valence-electron chi connectivity index (χ4n) is 4.95. The van der Waals surface area contributed by atoms with Gasteiger partial charge < -0.3 is 19.7 Å². The third-order valence-corrected chi connectivity index (χ3v) is 8.05. The molecule has 3 aromatic rings. The molecule has 3 aromatic carbocycles. The first-order valence-electron chi connectivity index (χ1n) is 13.8. The summed E-state index contributed by atoms with van der Waals surface area (Å²) in [6.07, 6.45) is 0.960. The minimum atomic E-state index is -0.319. The second-order valence-electron chi connectivity index (χ2n) is 9.43. The van der Waals surface area contributed by atoms with Crippen LogP contribution in [0.4, 0.5) is 4.79 Å². The lowest BCUT2D eigenvalue weighted by atomic mass is 9.98. The summed E-state index contributed by atoms with van der Waals surface area (Å²) in [5.41, 5.74) is 5.87. The van der Waals surface area contributed by atoms with Crippen LogP contribution in [0, 0.1) is 0 Å². The molecule has 6 nitrogen and oxygen atoms in total. The zero-order valence-electron chi connectivity index (χ0n) is 23.1. The highest BCUT2D eigenvalue weighted by Gasteiger charge is 2.29. The Kier molecular flexibility index (Phi) is 10.3. The number of hydrogen-bond donors (Lipinski definition) is 1. The number of nitrogens with zero attached hydrogens (tertiary/aromatic N) is 1. The van der Waals surface area contributed by atoms with E-state index in [2.05, 4.69) is 41.7 Å². The molecule has 7 heteroatoms. The van der Waals surface area contributed by atoms with Crippen LogP contribution in [0.1, 0.15) is 56.2 Å². The van der Waals surface area contributed by atoms with Crippen molar-refractivity contribution in [1.29, 1.82) is 0 Å². The van der Waals surface area contributed by atoms with Crippen molar-refractivity contribution in [3.8, 4) is 16.9 Å². The summed E-state index contributed by atoms with van der Waals surface area (Å²) in [5.74, 6) is 1.71. The van der Waals surface area contributed by atoms with Crippen molar-refractivity contribution in [3.05, 3.63) is 83.4 Å². The molecule has 0 bridgehead atoms. The predicted molar refractivity (Wildman–Crippen MR) is 157 cm³/mol. The Labute approximate surface area is 236 Å². The molecular formula is C32H38N2O4S. The third-order valence-electron chi connectivity index (χ3n) is 6.87. The van der Waals surface area contributed by atoms with Crippen molar-refractivity contribution in [1.82, 2.24) is 10.2 Å². The van der Waals surface area contributed by atoms with Crippen molar-refractivity contribution in [2.75, 3.05) is 32.1 Å². The SMILES string of the molecule is CCNC(=O)CCCSc1cc(OCC)ccc1CN(CC)C(=O)OCC1c2ccccc2-c2ccccc21. The summed E-state index contributed by atoms with van der Waals surface area (Å²) in [6, 6.07) is 22.7. The number of amides is 2. The molecule has 0 heterocycles. The summed E-state index contributed by atoms with van der Waals surface area (Å²) in [7, 11) is 0. The van der Waals surface area contributed by atoms with Crippen LogP contribution in [0.2, 0.25) is 0 Å². The molecule has 39 heavy (non-hydrogen) atoms. The lowest BCUT2D eigenvalue weighted by Gasteiger charge is -2.23. The first kappa shape index (κ1) is 28.6. The average molecular weight is 547 g/mol. The highest BCUT2D eigenvalue weighted by Crippen LogP contribution is 2.44. The Morgan fingerprint density at radius 2 is 1.64 bits per heavy atom. The van der Waals surface area contributed by atoms with Gasteiger partial charge in [0.1, 0.15) is 12.4 Å². The molecule has 0 aromatic heterocycles. The Morgan fingerprint density at radius 3 is 2.28 bits per heavy atom. The number of carbonyl (C=O) groups is 2. The van der Waals surface area contributed by atoms with Gasteiger partial charge in [-0.05, 0) is 72.9 Å². The summed E-state index contributed by atoms with van der Waals surface area (Å²) in [6.45, 7) is 8.36. The van der Waals surface area contributed by atoms with Gasteiger partial charge in [0.2, 0.25) is 5.91 Å². The van der Waals surface area contributed by atoms with Crippen LogP contribution in [0.3, 0.4) is 0 Å². The monoisotopic (exact) mass is 546 g/mol. The van der Waals surface area contributed by atoms with E-state index in [4.69, 9.17) is 9.47 Å². The van der Waals surface area contributed by atoms with Crippen LogP contribution in [0.15, 0.2) is 71.6 Å². The van der Waals surface area contributed by atoms with E-state index < -0.39 is 0 Å². The molecule has 1 aliphatic rings. The van der Waals surface area contributed by atoms with Gasteiger partial charge in [-0.15, -0.1) is 11.8 Å². The number of ether oxygens (including phenoxy) is 2. The van der Waals surface area contributed by atoms with E-state index in [-0.39, 0.29) is 17.9 Å². The number of hydrogen-bond acceptors (Lipinski definition) is 5. The van der Waals surface area contributed by atoms with E-state index >= 15 is 0 Å². The second kappa shape index (κ2) is 14.1. The number of thioether (sulfide) groups is 1. The van der Waals surface area contributed by atoms with E-state index in [1.54, 1.807) is 16.7 Å². The Bertz CT molecular complexity index is 1230. The van der Waals surface area contributed by atoms with Crippen LogP contribution >= 0.6 is 11.8 Å². The minimum absolute atomic E-state index is 0.0292. The molecule has 0 spiro atoms. The lowest BCUT2D eigenvalue weighted by molar-refractivity contribution is -0.120. The van der Waals surface area contributed by atoms with E-state index in [9.17, 15) is 9.59 Å². The molecule has 1 N–H and O–H groups in total. The lowest BCUT2D eigenvalue weighted by Crippen LogP contribution is -2.32. The number of carbonyl (C=O) groups excluding carboxylic acids is 2. The maximum atomic E-state index is 13.3. The van der Waals surface area contributed by atoms with Gasteiger partial charge in [0, 0.05) is 30.3 Å². The molecule has 0 radical (unpaired) electrons. The zero-order chi connectivity index (χ0) is 27.6. The number of nitrogens with one attached hydrogen (secondary N) is 1. The van der Waals surface area contributed by atoms with Crippen LogP contribution in [0.25, 0.3) is 11.1 Å². The van der Waals surface area contributed by atoms with Gasteiger partial charge in [-0.2, -0.15) is 0 Å². The van der Waals surface area contributed by atoms with Gasteiger partial charge in [0.05, 0.1) is 13.2 Å². The maximum Gasteiger partial charge on any atom is 0.410 e. The normalized spacial score (nSPS) is 12.0. The van der Waals surface area contributed by atoms with E-state index in [1.165, 1.54) is 22.3 Å². The molecule has 4 rings (SSSR count). The summed E-state index contributed by atoms with van der Waals surface area (Å²) >= 11 is 1.69. The summed E-state index contributed by atoms with van der Waals surface area (Å²) in [5, 5.41) is 2.84. The van der Waals surface area contributed by atoms with Crippen LogP contribution in [-0.2, 0) is 16.1 Å². The van der Waals surface area contributed by atoms with Crippen molar-refractivity contribution in [3.63, 3.8) is 0 Å². The summed E-state index contributed by atoms with van der Waals surface area (Å²) in [4.78, 5) is 27.9.